The van der Waals surface area contributed by atoms with E-state index in [4.69, 9.17) is 23.2 Å². The molecule has 3 nitrogen and oxygen atoms in total. The molecule has 0 aliphatic rings. The number of amides is 1. The van der Waals surface area contributed by atoms with Crippen LogP contribution in [0.2, 0.25) is 10.0 Å². The summed E-state index contributed by atoms with van der Waals surface area (Å²) in [4.78, 5) is 16.6. The molecule has 1 aromatic heterocycles. The minimum Gasteiger partial charge on any atom is -0.352 e. The molecule has 0 radical (unpaired) electrons. The number of aryl methyl sites for hydroxylation is 1. The second-order valence-electron chi connectivity index (χ2n) is 5.60. The third-order valence-electron chi connectivity index (χ3n) is 3.76. The zero-order valence-corrected chi connectivity index (χ0v) is 15.9. The van der Waals surface area contributed by atoms with Crippen LogP contribution in [0.15, 0.2) is 47.8 Å². The Morgan fingerprint density at radius 1 is 1.12 bits per heavy atom. The highest BCUT2D eigenvalue weighted by Crippen LogP contribution is 2.25. The van der Waals surface area contributed by atoms with Crippen LogP contribution in [0.5, 0.6) is 0 Å². The summed E-state index contributed by atoms with van der Waals surface area (Å²) < 4.78 is 0. The largest absolute Gasteiger partial charge is 0.352 e. The molecule has 3 aromatic rings. The minimum atomic E-state index is -0.116. The average molecular weight is 391 g/mol. The van der Waals surface area contributed by atoms with Crippen LogP contribution < -0.4 is 5.32 Å². The van der Waals surface area contributed by atoms with Gasteiger partial charge in [-0.2, -0.15) is 0 Å². The molecule has 0 aliphatic heterocycles. The lowest BCUT2D eigenvalue weighted by molar-refractivity contribution is -0.120. The van der Waals surface area contributed by atoms with E-state index < -0.39 is 0 Å². The van der Waals surface area contributed by atoms with Crippen LogP contribution in [0, 0.1) is 6.92 Å². The topological polar surface area (TPSA) is 42.0 Å². The molecule has 3 rings (SSSR count). The lowest BCUT2D eigenvalue weighted by Gasteiger charge is -2.08. The number of nitrogens with one attached hydrogen (secondary N) is 1. The third-order valence-corrected chi connectivity index (χ3v) is 5.24. The number of hydrogen-bond donors (Lipinski definition) is 1. The van der Waals surface area contributed by atoms with Gasteiger partial charge in [0.05, 0.1) is 17.1 Å². The third kappa shape index (κ3) is 4.60. The molecule has 25 heavy (non-hydrogen) atoms. The molecule has 2 aromatic carbocycles. The zero-order valence-electron chi connectivity index (χ0n) is 13.6. The predicted molar refractivity (Wildman–Crippen MR) is 104 cm³/mol. The van der Waals surface area contributed by atoms with Crippen LogP contribution in [0.4, 0.5) is 0 Å². The van der Waals surface area contributed by atoms with Crippen molar-refractivity contribution in [3.8, 4) is 11.3 Å². The number of rotatable bonds is 5. The van der Waals surface area contributed by atoms with Crippen molar-refractivity contribution in [3.05, 3.63) is 74.0 Å². The SMILES string of the molecule is Cc1nc(-c2ccc(CNC(=O)Cc3c(Cl)cccc3Cl)cc2)cs1. The highest BCUT2D eigenvalue weighted by atomic mass is 35.5. The molecule has 0 atom stereocenters. The van der Waals surface area contributed by atoms with Crippen LogP contribution >= 0.6 is 34.5 Å². The maximum atomic E-state index is 12.1. The van der Waals surface area contributed by atoms with E-state index in [1.54, 1.807) is 29.5 Å². The van der Waals surface area contributed by atoms with Crippen molar-refractivity contribution in [1.29, 1.82) is 0 Å². The van der Waals surface area contributed by atoms with Crippen LogP contribution in [-0.4, -0.2) is 10.9 Å². The Morgan fingerprint density at radius 3 is 2.40 bits per heavy atom. The molecule has 0 unspecified atom stereocenters. The van der Waals surface area contributed by atoms with Crippen molar-refractivity contribution in [2.45, 2.75) is 19.9 Å². The number of carbonyl (C=O) groups is 1. The second kappa shape index (κ2) is 8.00. The van der Waals surface area contributed by atoms with Gasteiger partial charge in [-0.15, -0.1) is 11.3 Å². The lowest BCUT2D eigenvalue weighted by Crippen LogP contribution is -2.24. The van der Waals surface area contributed by atoms with Crippen molar-refractivity contribution in [1.82, 2.24) is 10.3 Å². The summed E-state index contributed by atoms with van der Waals surface area (Å²) in [5.74, 6) is -0.116. The smallest absolute Gasteiger partial charge is 0.224 e. The predicted octanol–water partition coefficient (Wildman–Crippen LogP) is 5.28. The first kappa shape index (κ1) is 17.9. The Morgan fingerprint density at radius 2 is 1.80 bits per heavy atom. The summed E-state index contributed by atoms with van der Waals surface area (Å²) in [6.45, 7) is 2.45. The highest BCUT2D eigenvalue weighted by molar-refractivity contribution is 7.09. The summed E-state index contributed by atoms with van der Waals surface area (Å²) in [6, 6.07) is 13.2. The molecular weight excluding hydrogens is 375 g/mol. The summed E-state index contributed by atoms with van der Waals surface area (Å²) in [5, 5.41) is 6.99. The number of benzene rings is 2. The van der Waals surface area contributed by atoms with Gasteiger partial charge in [0, 0.05) is 27.5 Å². The van der Waals surface area contributed by atoms with E-state index >= 15 is 0 Å². The standard InChI is InChI=1S/C19H16Cl2N2OS/c1-12-23-18(11-25-12)14-7-5-13(6-8-14)10-22-19(24)9-15-16(20)3-2-4-17(15)21/h2-8,11H,9-10H2,1H3,(H,22,24). The maximum Gasteiger partial charge on any atom is 0.224 e. The van der Waals surface area contributed by atoms with Crippen molar-refractivity contribution < 1.29 is 4.79 Å². The molecule has 0 bridgehead atoms. The van der Waals surface area contributed by atoms with Gasteiger partial charge in [0.2, 0.25) is 5.91 Å². The Kier molecular flexibility index (Phi) is 5.74. The monoisotopic (exact) mass is 390 g/mol. The summed E-state index contributed by atoms with van der Waals surface area (Å²) in [6.07, 6.45) is 0.161. The molecule has 1 N–H and O–H groups in total. The van der Waals surface area contributed by atoms with Crippen LogP contribution in [0.25, 0.3) is 11.3 Å². The van der Waals surface area contributed by atoms with Crippen LogP contribution in [0.3, 0.4) is 0 Å². The fourth-order valence-electron chi connectivity index (χ4n) is 2.41. The van der Waals surface area contributed by atoms with Gasteiger partial charge in [0.1, 0.15) is 0 Å². The Bertz CT molecular complexity index is 870. The fraction of sp³-hybridized carbons (Fsp3) is 0.158. The van der Waals surface area contributed by atoms with Crippen molar-refractivity contribution in [2.75, 3.05) is 0 Å². The zero-order chi connectivity index (χ0) is 17.8. The van der Waals surface area contributed by atoms with Crippen molar-refractivity contribution in [3.63, 3.8) is 0 Å². The van der Waals surface area contributed by atoms with Gasteiger partial charge < -0.3 is 5.32 Å². The molecule has 128 valence electrons. The average Bonchev–Trinajstić information content (AvgIpc) is 3.03. The first-order valence-electron chi connectivity index (χ1n) is 7.74. The fourth-order valence-corrected chi connectivity index (χ4v) is 3.57. The van der Waals surface area contributed by atoms with Gasteiger partial charge in [0.15, 0.2) is 0 Å². The first-order valence-corrected chi connectivity index (χ1v) is 9.37. The molecule has 1 amide bonds. The normalized spacial score (nSPS) is 10.7. The molecule has 0 spiro atoms. The van der Waals surface area contributed by atoms with Gasteiger partial charge in [-0.3, -0.25) is 4.79 Å². The van der Waals surface area contributed by atoms with Crippen LogP contribution in [0.1, 0.15) is 16.1 Å². The molecule has 0 saturated heterocycles. The second-order valence-corrected chi connectivity index (χ2v) is 7.48. The molecule has 1 heterocycles. The highest BCUT2D eigenvalue weighted by Gasteiger charge is 2.10. The van der Waals surface area contributed by atoms with E-state index in [2.05, 4.69) is 10.3 Å². The van der Waals surface area contributed by atoms with E-state index in [1.165, 1.54) is 0 Å². The Balaban J connectivity index is 1.59. The van der Waals surface area contributed by atoms with Gasteiger partial charge in [-0.25, -0.2) is 4.98 Å². The lowest BCUT2D eigenvalue weighted by atomic mass is 10.1. The van der Waals surface area contributed by atoms with E-state index in [-0.39, 0.29) is 12.3 Å². The molecule has 6 heteroatoms. The van der Waals surface area contributed by atoms with Gasteiger partial charge in [-0.1, -0.05) is 53.5 Å². The molecule has 0 fully saturated rings. The summed E-state index contributed by atoms with van der Waals surface area (Å²) in [7, 11) is 0. The summed E-state index contributed by atoms with van der Waals surface area (Å²) in [5.41, 5.74) is 3.72. The van der Waals surface area contributed by atoms with Gasteiger partial charge in [-0.05, 0) is 30.2 Å². The Labute approximate surface area is 160 Å². The van der Waals surface area contributed by atoms with Crippen molar-refractivity contribution in [2.24, 2.45) is 0 Å². The number of halogens is 2. The van der Waals surface area contributed by atoms with E-state index in [9.17, 15) is 4.79 Å². The number of nitrogens with zero attached hydrogens (tertiary/aromatic N) is 1. The van der Waals surface area contributed by atoms with Gasteiger partial charge >= 0.3 is 0 Å². The van der Waals surface area contributed by atoms with Crippen molar-refractivity contribution >= 4 is 40.4 Å². The molecule has 0 aliphatic carbocycles. The van der Waals surface area contributed by atoms with Gasteiger partial charge in [0.25, 0.3) is 0 Å². The first-order chi connectivity index (χ1) is 12.0. The number of thiazole rings is 1. The van der Waals surface area contributed by atoms with E-state index in [1.807, 2.05) is 36.6 Å². The quantitative estimate of drug-likeness (QED) is 0.643. The molecule has 0 saturated carbocycles. The minimum absolute atomic E-state index is 0.116. The van der Waals surface area contributed by atoms with Crippen LogP contribution in [-0.2, 0) is 17.8 Å². The summed E-state index contributed by atoms with van der Waals surface area (Å²) >= 11 is 13.8. The van der Waals surface area contributed by atoms with E-state index in [0.717, 1.165) is 21.8 Å². The molecular formula is C19H16Cl2N2OS. The number of hydrogen-bond acceptors (Lipinski definition) is 3. The number of aromatic nitrogens is 1. The maximum absolute atomic E-state index is 12.1. The number of carbonyl (C=O) groups excluding carboxylic acids is 1. The van der Waals surface area contributed by atoms with E-state index in [0.29, 0.717) is 22.2 Å². The Hall–Kier alpha value is -1.88.